The zero-order chi connectivity index (χ0) is 107. The van der Waals surface area contributed by atoms with E-state index in [2.05, 4.69) is 161 Å². The first kappa shape index (κ1) is 116. The van der Waals surface area contributed by atoms with E-state index in [9.17, 15) is 33.6 Å². The molecule has 3 atom stereocenters. The Kier molecular flexibility index (Phi) is 39.9. The monoisotopic (exact) mass is 2030 g/mol. The molecule has 9 aliphatic heterocycles. The van der Waals surface area contributed by atoms with Crippen LogP contribution in [0.3, 0.4) is 0 Å². The lowest BCUT2D eigenvalue weighted by Gasteiger charge is -2.49. The number of hydrogen-bond acceptors (Lipinski definition) is 20. The third kappa shape index (κ3) is 35.3. The molecule has 147 heavy (non-hydrogen) atoms. The molecule has 9 heterocycles. The Morgan fingerprint density at radius 1 is 0.347 bits per heavy atom. The molecular formula is C120H173N9O18. The normalized spacial score (nSPS) is 18.7. The fourth-order valence-electron chi connectivity index (χ4n) is 20.0. The Morgan fingerprint density at radius 2 is 0.707 bits per heavy atom. The molecule has 0 aromatic heterocycles. The van der Waals surface area contributed by atoms with Gasteiger partial charge in [0.2, 0.25) is 0 Å². The van der Waals surface area contributed by atoms with E-state index in [-0.39, 0.29) is 65.6 Å². The highest BCUT2D eigenvalue weighted by atomic mass is 16.6. The van der Waals surface area contributed by atoms with Crippen LogP contribution in [-0.4, -0.2) is 238 Å². The van der Waals surface area contributed by atoms with E-state index in [1.54, 1.807) is 19.6 Å². The average molecular weight is 2030 g/mol. The summed E-state index contributed by atoms with van der Waals surface area (Å²) in [6, 6.07) is 52.5. The minimum Gasteiger partial charge on any atom is -0.494 e. The Bertz CT molecular complexity index is 5540. The standard InChI is InChI=1S/C20H30N2O4.C19H28N2O4.C17H23NO2.C17H25NO2.2C16H23NO2.C15H21NO2/c1-20(2,3)26-19(23)22-14-16-5-6-18(13-17(16)15-22)25-10-4-7-21-8-11-24-12-9-21;1-19(2,3)25-18(22)21-13-15-4-5-17(12-16(15)14-21)24-11-8-20-6-9-23-10-7-20;1-16(2,3)20-15(19)18-11-13-7-4-5-8-14(13)17(12-18)9-6-10-17;1-6-15-14-8-7-12(2)11-13(14)9-10-18(15)16(19)20-17(3,4)5;1-15(2,3)19-14(18)17-10-12-8-6-7-9-13(12)16(4,5)11-17;1-5-14-13-9-7-6-8-12(13)10-11-17(14)15(18)19-16(2,3)4;1-11-9-16(14(17)18-15(2,3)4)10-12-7-5-6-8-13(11)12/h5-6,13H,4,7-12,14-15H2,1-3H3;4-5,12H,6-11,13-14H2,1-3H3;4-5,7-8H,6,9-12H2,1-3H3;7-8,11,15H,6,9-10H2,1-5H3;6-9H,10-11H2,1-5H3;6-9,14H,5,10-11H2,1-4H3;5-8,11H,9-10H2,1-4H3. The maximum atomic E-state index is 12.4. The van der Waals surface area contributed by atoms with Gasteiger partial charge < -0.3 is 76.6 Å². The third-order valence-electron chi connectivity index (χ3n) is 26.8. The van der Waals surface area contributed by atoms with E-state index in [0.29, 0.717) is 71.5 Å². The molecule has 7 aromatic rings. The van der Waals surface area contributed by atoms with Gasteiger partial charge in [-0.05, 0) is 305 Å². The number of ether oxygens (including phenoxy) is 11. The van der Waals surface area contributed by atoms with Crippen LogP contribution in [0.4, 0.5) is 33.6 Å². The quantitative estimate of drug-likeness (QED) is 0.0862. The molecule has 0 bridgehead atoms. The van der Waals surface area contributed by atoms with Crippen molar-refractivity contribution in [2.75, 3.05) is 112 Å². The van der Waals surface area contributed by atoms with Gasteiger partial charge in [-0.1, -0.05) is 174 Å². The van der Waals surface area contributed by atoms with Gasteiger partial charge in [-0.25, -0.2) is 33.6 Å². The molecule has 1 spiro atoms. The van der Waals surface area contributed by atoms with Gasteiger partial charge in [-0.15, -0.1) is 0 Å². The number of fused-ring (bicyclic) bond motifs is 8. The molecule has 1 saturated carbocycles. The van der Waals surface area contributed by atoms with Crippen LogP contribution in [0.5, 0.6) is 11.5 Å². The summed E-state index contributed by atoms with van der Waals surface area (Å²) in [4.78, 5) is 103. The van der Waals surface area contributed by atoms with Crippen molar-refractivity contribution in [3.05, 3.63) is 235 Å². The Morgan fingerprint density at radius 3 is 1.16 bits per heavy atom. The predicted octanol–water partition coefficient (Wildman–Crippen LogP) is 25.0. The summed E-state index contributed by atoms with van der Waals surface area (Å²) in [5, 5.41) is 0. The number of aryl methyl sites for hydroxylation is 1. The maximum absolute atomic E-state index is 12.4. The van der Waals surface area contributed by atoms with Crippen molar-refractivity contribution in [3.8, 4) is 11.5 Å². The molecule has 27 heteroatoms. The highest BCUT2D eigenvalue weighted by Gasteiger charge is 2.47. The van der Waals surface area contributed by atoms with E-state index in [1.807, 2.05) is 203 Å². The Labute approximate surface area is 877 Å². The fraction of sp³-hybridized carbons (Fsp3) is 0.592. The van der Waals surface area contributed by atoms with Crippen molar-refractivity contribution in [2.24, 2.45) is 0 Å². The van der Waals surface area contributed by atoms with Crippen molar-refractivity contribution in [1.82, 2.24) is 44.1 Å². The van der Waals surface area contributed by atoms with Gasteiger partial charge in [-0.3, -0.25) is 19.6 Å². The molecule has 10 aliphatic rings. The molecule has 27 nitrogen and oxygen atoms in total. The Hall–Kier alpha value is -11.1. The largest absolute Gasteiger partial charge is 0.494 e. The van der Waals surface area contributed by atoms with Gasteiger partial charge in [0.15, 0.2) is 0 Å². The molecule has 7 aromatic carbocycles. The lowest BCUT2D eigenvalue weighted by atomic mass is 9.61. The molecule has 17 rings (SSSR count). The lowest BCUT2D eigenvalue weighted by Crippen LogP contribution is -2.52. The lowest BCUT2D eigenvalue weighted by molar-refractivity contribution is 0.00944. The Balaban J connectivity index is 0.000000164. The highest BCUT2D eigenvalue weighted by molar-refractivity contribution is 5.73. The third-order valence-corrected chi connectivity index (χ3v) is 26.8. The van der Waals surface area contributed by atoms with Crippen LogP contribution in [-0.2, 0) is 112 Å². The van der Waals surface area contributed by atoms with Crippen LogP contribution < -0.4 is 9.47 Å². The molecule has 0 N–H and O–H groups in total. The van der Waals surface area contributed by atoms with E-state index < -0.39 is 39.2 Å². The van der Waals surface area contributed by atoms with Gasteiger partial charge in [0.1, 0.15) is 57.3 Å². The fourth-order valence-corrected chi connectivity index (χ4v) is 20.0. The van der Waals surface area contributed by atoms with Gasteiger partial charge in [0.05, 0.1) is 45.1 Å². The number of nitrogens with zero attached hydrogens (tertiary/aromatic N) is 9. The topological polar surface area (TPSA) is 250 Å². The molecule has 0 radical (unpaired) electrons. The van der Waals surface area contributed by atoms with Crippen LogP contribution in [0.25, 0.3) is 0 Å². The number of rotatable bonds is 11. The maximum Gasteiger partial charge on any atom is 0.410 e. The molecular weight excluding hydrogens is 1860 g/mol. The summed E-state index contributed by atoms with van der Waals surface area (Å²) in [6.45, 7) is 71.3. The minimum absolute atomic E-state index is 0.0360. The number of carbonyl (C=O) groups excluding carboxylic acids is 7. The van der Waals surface area contributed by atoms with Crippen LogP contribution in [0.1, 0.15) is 320 Å². The van der Waals surface area contributed by atoms with E-state index in [4.69, 9.17) is 52.1 Å². The second kappa shape index (κ2) is 50.5. The first-order chi connectivity index (χ1) is 69.0. The van der Waals surface area contributed by atoms with E-state index >= 15 is 0 Å². The van der Waals surface area contributed by atoms with Gasteiger partial charge in [-0.2, -0.15) is 0 Å². The summed E-state index contributed by atoms with van der Waals surface area (Å²) in [6.07, 6.45) is 6.72. The summed E-state index contributed by atoms with van der Waals surface area (Å²) < 4.78 is 60.9. The summed E-state index contributed by atoms with van der Waals surface area (Å²) in [5.74, 6) is 2.09. The molecule has 3 unspecified atom stereocenters. The van der Waals surface area contributed by atoms with Gasteiger partial charge in [0.25, 0.3) is 0 Å². The van der Waals surface area contributed by atoms with Crippen molar-refractivity contribution in [3.63, 3.8) is 0 Å². The molecule has 2 saturated heterocycles. The number of hydrogen-bond donors (Lipinski definition) is 0. The summed E-state index contributed by atoms with van der Waals surface area (Å²) in [7, 11) is 0. The second-order valence-electron chi connectivity index (χ2n) is 48.1. The average Bonchev–Trinajstić information content (AvgIpc) is 1.30. The molecule has 7 amide bonds. The van der Waals surface area contributed by atoms with Crippen molar-refractivity contribution in [2.45, 2.75) is 352 Å². The number of carbonyl (C=O) groups is 7. The van der Waals surface area contributed by atoms with Crippen LogP contribution in [0.2, 0.25) is 0 Å². The molecule has 1 aliphatic carbocycles. The van der Waals surface area contributed by atoms with Crippen LogP contribution in [0, 0.1) is 6.92 Å². The number of morpholine rings is 2. The minimum atomic E-state index is -0.473. The van der Waals surface area contributed by atoms with Crippen LogP contribution in [0.15, 0.2) is 152 Å². The summed E-state index contributed by atoms with van der Waals surface area (Å²) in [5.41, 5.74) is 16.0. The van der Waals surface area contributed by atoms with Crippen molar-refractivity contribution < 1.29 is 85.7 Å². The zero-order valence-corrected chi connectivity index (χ0v) is 93.7. The molecule has 806 valence electrons. The SMILES string of the molecule is CC(C)(C)OC(=O)N1Cc2ccc(OCCCN3CCOCC3)cc2C1.CC(C)(C)OC(=O)N1Cc2ccc(OCCN3CCOCC3)cc2C1.CC(C)(C)OC(=O)N1Cc2ccccc2C(C)(C)C1.CC(C)(C)OC(=O)N1Cc2ccccc2C2(CCC2)C1.CC1CN(C(=O)OC(C)(C)C)Cc2ccccc21.CCC1c2ccc(C)cc2CCN1C(=O)OC(C)(C)C.CCC1c2ccccc2CCN1C(=O)OC(C)(C)C. The summed E-state index contributed by atoms with van der Waals surface area (Å²) >= 11 is 0. The van der Waals surface area contributed by atoms with Gasteiger partial charge >= 0.3 is 42.7 Å². The van der Waals surface area contributed by atoms with Crippen molar-refractivity contribution in [1.29, 1.82) is 0 Å². The second-order valence-corrected chi connectivity index (χ2v) is 48.1. The van der Waals surface area contributed by atoms with Crippen molar-refractivity contribution >= 4 is 42.7 Å². The van der Waals surface area contributed by atoms with Crippen LogP contribution >= 0.6 is 0 Å². The molecule has 3 fully saturated rings. The smallest absolute Gasteiger partial charge is 0.410 e. The van der Waals surface area contributed by atoms with E-state index in [0.717, 1.165) is 158 Å². The highest BCUT2D eigenvalue weighted by Crippen LogP contribution is 2.49. The predicted molar refractivity (Wildman–Crippen MR) is 577 cm³/mol. The number of amides is 7. The number of benzene rings is 7. The first-order valence-corrected chi connectivity index (χ1v) is 53.4. The zero-order valence-electron chi connectivity index (χ0n) is 93.7. The van der Waals surface area contributed by atoms with E-state index in [1.165, 1.54) is 80.5 Å². The first-order valence-electron chi connectivity index (χ1n) is 53.4. The van der Waals surface area contributed by atoms with Gasteiger partial charge in [0, 0.05) is 129 Å².